The van der Waals surface area contributed by atoms with Gasteiger partial charge in [0.1, 0.15) is 6.04 Å². The second kappa shape index (κ2) is 7.40. The fraction of sp³-hybridized carbons (Fsp3) is 0.292. The summed E-state index contributed by atoms with van der Waals surface area (Å²) in [5.74, 6) is -1.23. The Hall–Kier alpha value is -2.92. The van der Waals surface area contributed by atoms with E-state index in [0.29, 0.717) is 10.7 Å². The van der Waals surface area contributed by atoms with Crippen molar-refractivity contribution in [2.75, 3.05) is 5.32 Å². The van der Waals surface area contributed by atoms with Gasteiger partial charge in [0.2, 0.25) is 17.7 Å². The van der Waals surface area contributed by atoms with E-state index in [1.807, 2.05) is 30.3 Å². The Balaban J connectivity index is 1.45. The Labute approximate surface area is 179 Å². The van der Waals surface area contributed by atoms with Gasteiger partial charge >= 0.3 is 0 Å². The van der Waals surface area contributed by atoms with Crippen LogP contribution in [-0.4, -0.2) is 28.7 Å². The Morgan fingerprint density at radius 3 is 2.17 bits per heavy atom. The van der Waals surface area contributed by atoms with Crippen LogP contribution in [0.4, 0.5) is 5.69 Å². The number of allylic oxidation sites excluding steroid dienone is 2. The number of benzene rings is 2. The van der Waals surface area contributed by atoms with Gasteiger partial charge in [-0.25, -0.2) is 0 Å². The van der Waals surface area contributed by atoms with Crippen LogP contribution in [0.3, 0.4) is 0 Å². The molecule has 5 rings (SSSR count). The van der Waals surface area contributed by atoms with Crippen LogP contribution in [0.25, 0.3) is 0 Å². The van der Waals surface area contributed by atoms with Gasteiger partial charge in [0, 0.05) is 17.1 Å². The summed E-state index contributed by atoms with van der Waals surface area (Å²) < 4.78 is 0. The van der Waals surface area contributed by atoms with Crippen molar-refractivity contribution in [3.05, 3.63) is 77.3 Å². The molecule has 30 heavy (non-hydrogen) atoms. The number of hydrogen-bond acceptors (Lipinski definition) is 3. The van der Waals surface area contributed by atoms with E-state index in [0.717, 1.165) is 12.0 Å². The summed E-state index contributed by atoms with van der Waals surface area (Å²) in [6, 6.07) is 15.3. The maximum atomic E-state index is 13.3. The average molecular weight is 421 g/mol. The minimum absolute atomic E-state index is 0.109. The van der Waals surface area contributed by atoms with E-state index >= 15 is 0 Å². The van der Waals surface area contributed by atoms with Gasteiger partial charge in [-0.05, 0) is 48.1 Å². The van der Waals surface area contributed by atoms with Gasteiger partial charge in [-0.3, -0.25) is 19.3 Å². The lowest BCUT2D eigenvalue weighted by atomic mass is 9.85. The first kappa shape index (κ1) is 19.1. The van der Waals surface area contributed by atoms with E-state index in [1.165, 1.54) is 4.90 Å². The highest BCUT2D eigenvalue weighted by molar-refractivity contribution is 6.30. The molecule has 2 aromatic carbocycles. The lowest BCUT2D eigenvalue weighted by Gasteiger charge is -2.27. The molecule has 5 nitrogen and oxygen atoms in total. The number of fused-ring (bicyclic) bond motifs is 5. The minimum Gasteiger partial charge on any atom is -0.324 e. The van der Waals surface area contributed by atoms with E-state index in [9.17, 15) is 14.4 Å². The van der Waals surface area contributed by atoms with Gasteiger partial charge in [-0.1, -0.05) is 54.1 Å². The first-order valence-electron chi connectivity index (χ1n) is 10.2. The molecule has 152 valence electrons. The molecule has 1 saturated carbocycles. The highest BCUT2D eigenvalue weighted by atomic mass is 35.5. The van der Waals surface area contributed by atoms with Crippen molar-refractivity contribution < 1.29 is 14.4 Å². The predicted octanol–water partition coefficient (Wildman–Crippen LogP) is 3.70. The molecule has 1 saturated heterocycles. The van der Waals surface area contributed by atoms with Crippen LogP contribution in [0.1, 0.15) is 12.0 Å². The SMILES string of the molecule is O=C(Nc1ccc(Cl)cc1)[C@@H](Cc1ccccc1)N1C(=O)[C@@H]2[C@H](C1=O)[C@H]1C=C[C@H]2C1. The molecule has 2 bridgehead atoms. The molecule has 3 aliphatic rings. The number of halogens is 1. The van der Waals surface area contributed by atoms with Crippen molar-refractivity contribution in [2.45, 2.75) is 18.9 Å². The lowest BCUT2D eigenvalue weighted by molar-refractivity contribution is -0.147. The van der Waals surface area contributed by atoms with Crippen molar-refractivity contribution in [3.8, 4) is 0 Å². The summed E-state index contributed by atoms with van der Waals surface area (Å²) in [6.45, 7) is 0. The normalized spacial score (nSPS) is 27.4. The van der Waals surface area contributed by atoms with Crippen molar-refractivity contribution in [2.24, 2.45) is 23.7 Å². The van der Waals surface area contributed by atoms with Crippen molar-refractivity contribution in [1.29, 1.82) is 0 Å². The number of rotatable bonds is 5. The van der Waals surface area contributed by atoms with Crippen LogP contribution in [0.2, 0.25) is 5.02 Å². The zero-order valence-corrected chi connectivity index (χ0v) is 17.0. The van der Waals surface area contributed by atoms with Gasteiger partial charge in [-0.15, -0.1) is 0 Å². The molecule has 0 unspecified atom stereocenters. The third kappa shape index (κ3) is 3.14. The molecule has 2 aliphatic carbocycles. The van der Waals surface area contributed by atoms with E-state index in [2.05, 4.69) is 17.5 Å². The molecule has 1 heterocycles. The second-order valence-corrected chi connectivity index (χ2v) is 8.68. The van der Waals surface area contributed by atoms with Crippen LogP contribution >= 0.6 is 11.6 Å². The highest BCUT2D eigenvalue weighted by Gasteiger charge is 2.61. The number of nitrogens with zero attached hydrogens (tertiary/aromatic N) is 1. The first-order chi connectivity index (χ1) is 14.5. The highest BCUT2D eigenvalue weighted by Crippen LogP contribution is 2.53. The Morgan fingerprint density at radius 1 is 0.967 bits per heavy atom. The first-order valence-corrected chi connectivity index (χ1v) is 10.6. The maximum absolute atomic E-state index is 13.3. The molecule has 2 aromatic rings. The van der Waals surface area contributed by atoms with E-state index in [4.69, 9.17) is 11.6 Å². The van der Waals surface area contributed by atoms with Crippen molar-refractivity contribution in [3.63, 3.8) is 0 Å². The summed E-state index contributed by atoms with van der Waals surface area (Å²) in [5, 5.41) is 3.42. The van der Waals surface area contributed by atoms with Gasteiger partial charge in [0.15, 0.2) is 0 Å². The summed E-state index contributed by atoms with van der Waals surface area (Å²) in [4.78, 5) is 41.1. The van der Waals surface area contributed by atoms with Crippen LogP contribution < -0.4 is 5.32 Å². The Morgan fingerprint density at radius 2 is 1.57 bits per heavy atom. The fourth-order valence-electron chi connectivity index (χ4n) is 5.13. The lowest BCUT2D eigenvalue weighted by Crippen LogP contribution is -2.49. The van der Waals surface area contributed by atoms with Gasteiger partial charge in [0.25, 0.3) is 0 Å². The smallest absolute Gasteiger partial charge is 0.248 e. The summed E-state index contributed by atoms with van der Waals surface area (Å²) in [6.07, 6.45) is 5.25. The topological polar surface area (TPSA) is 66.5 Å². The summed E-state index contributed by atoms with van der Waals surface area (Å²) in [7, 11) is 0. The molecule has 0 spiro atoms. The number of nitrogens with one attached hydrogen (secondary N) is 1. The molecule has 6 heteroatoms. The van der Waals surface area contributed by atoms with E-state index in [1.54, 1.807) is 24.3 Å². The summed E-state index contributed by atoms with van der Waals surface area (Å²) in [5.41, 5.74) is 1.47. The van der Waals surface area contributed by atoms with Gasteiger partial charge in [-0.2, -0.15) is 0 Å². The third-order valence-corrected chi connectivity index (χ3v) is 6.75. The third-order valence-electron chi connectivity index (χ3n) is 6.50. The van der Waals surface area contributed by atoms with E-state index in [-0.39, 0.29) is 47.8 Å². The number of carbonyl (C=O) groups is 3. The van der Waals surface area contributed by atoms with Crippen LogP contribution in [-0.2, 0) is 20.8 Å². The average Bonchev–Trinajstić information content (AvgIpc) is 3.43. The molecule has 3 amide bonds. The van der Waals surface area contributed by atoms with Crippen LogP contribution in [0.5, 0.6) is 0 Å². The zero-order valence-electron chi connectivity index (χ0n) is 16.2. The predicted molar refractivity (Wildman–Crippen MR) is 114 cm³/mol. The second-order valence-electron chi connectivity index (χ2n) is 8.25. The standard InChI is InChI=1S/C24H21ClN2O3/c25-17-8-10-18(11-9-17)26-22(28)19(12-14-4-2-1-3-5-14)27-23(29)20-15-6-7-16(13-15)21(20)24(27)30/h1-11,15-16,19-21H,12-13H2,(H,26,28)/t15-,16-,19+,20-,21+/m0/s1. The molecular formula is C24H21ClN2O3. The fourth-order valence-corrected chi connectivity index (χ4v) is 5.26. The molecule has 2 fully saturated rings. The molecule has 0 radical (unpaired) electrons. The van der Waals surface area contributed by atoms with Gasteiger partial charge < -0.3 is 5.32 Å². The quantitative estimate of drug-likeness (QED) is 0.592. The number of likely N-dealkylation sites (tertiary alicyclic amines) is 1. The molecule has 1 N–H and O–H groups in total. The number of amides is 3. The van der Waals surface area contributed by atoms with Gasteiger partial charge in [0.05, 0.1) is 11.8 Å². The zero-order chi connectivity index (χ0) is 20.8. The van der Waals surface area contributed by atoms with E-state index < -0.39 is 6.04 Å². The maximum Gasteiger partial charge on any atom is 0.248 e. The Kier molecular flexibility index (Phi) is 4.70. The largest absolute Gasteiger partial charge is 0.324 e. The minimum atomic E-state index is -0.895. The number of anilines is 1. The monoisotopic (exact) mass is 420 g/mol. The number of imide groups is 1. The molecule has 5 atom stereocenters. The number of hydrogen-bond donors (Lipinski definition) is 1. The Bertz CT molecular complexity index is 1000. The van der Waals surface area contributed by atoms with Crippen LogP contribution in [0.15, 0.2) is 66.7 Å². The number of carbonyl (C=O) groups excluding carboxylic acids is 3. The molecule has 0 aromatic heterocycles. The van der Waals surface area contributed by atoms with Crippen molar-refractivity contribution in [1.82, 2.24) is 4.90 Å². The van der Waals surface area contributed by atoms with Crippen molar-refractivity contribution >= 4 is 35.0 Å². The summed E-state index contributed by atoms with van der Waals surface area (Å²) >= 11 is 5.93. The van der Waals surface area contributed by atoms with Crippen LogP contribution in [0, 0.1) is 23.7 Å². The molecular weight excluding hydrogens is 400 g/mol. The molecule has 1 aliphatic heterocycles.